The number of ketones is 1. The summed E-state index contributed by atoms with van der Waals surface area (Å²) < 4.78 is 5.42. The molecule has 0 bridgehead atoms. The van der Waals surface area contributed by atoms with Gasteiger partial charge in [0.05, 0.1) is 11.1 Å². The van der Waals surface area contributed by atoms with E-state index in [0.717, 1.165) is 19.4 Å². The maximum Gasteiger partial charge on any atom is 0.166 e. The van der Waals surface area contributed by atoms with E-state index >= 15 is 0 Å². The highest BCUT2D eigenvalue weighted by Gasteiger charge is 2.21. The molecule has 1 aromatic carbocycles. The number of Topliss-reactive ketones (excluding diaryl/α,β-unsaturated/α-hetero) is 1. The number of benzene rings is 1. The Balaban J connectivity index is 2.08. The third kappa shape index (κ3) is 2.76. The highest BCUT2D eigenvalue weighted by molar-refractivity contribution is 6.36. The number of carbonyl (C=O) groups is 1. The van der Waals surface area contributed by atoms with Gasteiger partial charge in [-0.1, -0.05) is 23.2 Å². The van der Waals surface area contributed by atoms with Crippen LogP contribution >= 0.6 is 23.2 Å². The first kappa shape index (κ1) is 11.9. The summed E-state index contributed by atoms with van der Waals surface area (Å²) in [5, 5.41) is 0.953. The highest BCUT2D eigenvalue weighted by Crippen LogP contribution is 2.24. The van der Waals surface area contributed by atoms with E-state index in [-0.39, 0.29) is 11.9 Å². The minimum absolute atomic E-state index is 0.0218. The zero-order valence-corrected chi connectivity index (χ0v) is 10.2. The number of halogens is 2. The van der Waals surface area contributed by atoms with Crippen molar-refractivity contribution >= 4 is 29.0 Å². The zero-order chi connectivity index (χ0) is 11.5. The smallest absolute Gasteiger partial charge is 0.166 e. The molecule has 1 saturated heterocycles. The summed E-state index contributed by atoms with van der Waals surface area (Å²) >= 11 is 11.7. The standard InChI is InChI=1S/C12H12Cl2O2/c13-8-3-4-10(11(14)6-8)12(15)7-9-2-1-5-16-9/h3-4,6,9H,1-2,5,7H2. The topological polar surface area (TPSA) is 26.3 Å². The van der Waals surface area contributed by atoms with Crippen LogP contribution in [-0.2, 0) is 4.74 Å². The van der Waals surface area contributed by atoms with E-state index in [1.165, 1.54) is 0 Å². The molecule has 1 atom stereocenters. The molecule has 1 aliphatic heterocycles. The molecule has 16 heavy (non-hydrogen) atoms. The SMILES string of the molecule is O=C(CC1CCCO1)c1ccc(Cl)cc1Cl. The van der Waals surface area contributed by atoms with E-state index in [2.05, 4.69) is 0 Å². The van der Waals surface area contributed by atoms with Crippen LogP contribution in [0.2, 0.25) is 10.0 Å². The first-order valence-corrected chi connectivity index (χ1v) is 6.02. The maximum atomic E-state index is 11.9. The lowest BCUT2D eigenvalue weighted by molar-refractivity contribution is 0.0776. The average molecular weight is 259 g/mol. The van der Waals surface area contributed by atoms with Crippen LogP contribution < -0.4 is 0 Å². The quantitative estimate of drug-likeness (QED) is 0.773. The molecule has 0 N–H and O–H groups in total. The molecule has 1 heterocycles. The second-order valence-corrected chi connectivity index (χ2v) is 4.73. The molecular weight excluding hydrogens is 247 g/mol. The molecule has 0 spiro atoms. The lowest BCUT2D eigenvalue weighted by atomic mass is 10.0. The molecule has 1 fully saturated rings. The normalized spacial score (nSPS) is 20.0. The molecule has 0 saturated carbocycles. The summed E-state index contributed by atoms with van der Waals surface area (Å²) in [6, 6.07) is 4.93. The third-order valence-corrected chi connectivity index (χ3v) is 3.22. The van der Waals surface area contributed by atoms with Gasteiger partial charge in [-0.05, 0) is 31.0 Å². The van der Waals surface area contributed by atoms with Gasteiger partial charge in [-0.3, -0.25) is 4.79 Å². The minimum atomic E-state index is 0.0218. The van der Waals surface area contributed by atoms with Crippen LogP contribution in [0.25, 0.3) is 0 Å². The Morgan fingerprint density at radius 3 is 2.88 bits per heavy atom. The predicted octanol–water partition coefficient (Wildman–Crippen LogP) is 3.75. The highest BCUT2D eigenvalue weighted by atomic mass is 35.5. The number of carbonyl (C=O) groups excluding carboxylic acids is 1. The third-order valence-electron chi connectivity index (χ3n) is 2.67. The molecular formula is C12H12Cl2O2. The van der Waals surface area contributed by atoms with Crippen LogP contribution in [0, 0.1) is 0 Å². The largest absolute Gasteiger partial charge is 0.378 e. The Morgan fingerprint density at radius 2 is 2.25 bits per heavy atom. The summed E-state index contributed by atoms with van der Waals surface area (Å²) in [7, 11) is 0. The molecule has 1 aromatic rings. The summed E-state index contributed by atoms with van der Waals surface area (Å²) in [5.74, 6) is 0.0218. The van der Waals surface area contributed by atoms with Gasteiger partial charge in [-0.2, -0.15) is 0 Å². The predicted molar refractivity (Wildman–Crippen MR) is 64.4 cm³/mol. The van der Waals surface area contributed by atoms with E-state index in [1.54, 1.807) is 18.2 Å². The Bertz CT molecular complexity index is 398. The van der Waals surface area contributed by atoms with Crippen LogP contribution in [-0.4, -0.2) is 18.5 Å². The number of hydrogen-bond acceptors (Lipinski definition) is 2. The fraction of sp³-hybridized carbons (Fsp3) is 0.417. The van der Waals surface area contributed by atoms with Crippen LogP contribution in [0.3, 0.4) is 0 Å². The van der Waals surface area contributed by atoms with Crippen molar-refractivity contribution in [3.05, 3.63) is 33.8 Å². The van der Waals surface area contributed by atoms with Gasteiger partial charge in [0.15, 0.2) is 5.78 Å². The molecule has 1 unspecified atom stereocenters. The lowest BCUT2D eigenvalue weighted by Crippen LogP contribution is -2.12. The summed E-state index contributed by atoms with van der Waals surface area (Å²) in [6.07, 6.45) is 2.45. The van der Waals surface area contributed by atoms with Crippen molar-refractivity contribution in [1.82, 2.24) is 0 Å². The van der Waals surface area contributed by atoms with Gasteiger partial charge in [0.25, 0.3) is 0 Å². The molecule has 1 aliphatic rings. The molecule has 4 heteroatoms. The first-order chi connectivity index (χ1) is 7.66. The van der Waals surface area contributed by atoms with Crippen LogP contribution in [0.15, 0.2) is 18.2 Å². The van der Waals surface area contributed by atoms with Crippen molar-refractivity contribution in [2.45, 2.75) is 25.4 Å². The number of hydrogen-bond donors (Lipinski definition) is 0. The second-order valence-electron chi connectivity index (χ2n) is 3.89. The van der Waals surface area contributed by atoms with E-state index < -0.39 is 0 Å². The lowest BCUT2D eigenvalue weighted by Gasteiger charge is -2.09. The average Bonchev–Trinajstić information content (AvgIpc) is 2.70. The van der Waals surface area contributed by atoms with Crippen molar-refractivity contribution in [1.29, 1.82) is 0 Å². The van der Waals surface area contributed by atoms with Gasteiger partial charge in [0.2, 0.25) is 0 Å². The van der Waals surface area contributed by atoms with E-state index in [0.29, 0.717) is 22.0 Å². The summed E-state index contributed by atoms with van der Waals surface area (Å²) in [4.78, 5) is 11.9. The van der Waals surface area contributed by atoms with E-state index in [9.17, 15) is 4.79 Å². The Morgan fingerprint density at radius 1 is 1.44 bits per heavy atom. The first-order valence-electron chi connectivity index (χ1n) is 5.26. The zero-order valence-electron chi connectivity index (χ0n) is 8.71. The molecule has 2 rings (SSSR count). The molecule has 0 radical (unpaired) electrons. The van der Waals surface area contributed by atoms with Crippen molar-refractivity contribution < 1.29 is 9.53 Å². The van der Waals surface area contributed by atoms with Gasteiger partial charge in [-0.25, -0.2) is 0 Å². The summed E-state index contributed by atoms with van der Waals surface area (Å²) in [5.41, 5.74) is 0.529. The molecule has 0 amide bonds. The fourth-order valence-electron chi connectivity index (χ4n) is 1.84. The number of ether oxygens (including phenoxy) is 1. The molecule has 0 aromatic heterocycles. The van der Waals surface area contributed by atoms with Gasteiger partial charge < -0.3 is 4.74 Å². The van der Waals surface area contributed by atoms with Gasteiger partial charge >= 0.3 is 0 Å². The monoisotopic (exact) mass is 258 g/mol. The molecule has 2 nitrogen and oxygen atoms in total. The Kier molecular flexibility index (Phi) is 3.85. The molecule has 86 valence electrons. The summed E-state index contributed by atoms with van der Waals surface area (Å²) in [6.45, 7) is 0.756. The van der Waals surface area contributed by atoms with Gasteiger partial charge in [0.1, 0.15) is 0 Å². The maximum absolute atomic E-state index is 11.9. The van der Waals surface area contributed by atoms with Crippen molar-refractivity contribution in [3.63, 3.8) is 0 Å². The van der Waals surface area contributed by atoms with Gasteiger partial charge in [0, 0.05) is 23.6 Å². The van der Waals surface area contributed by atoms with E-state index in [4.69, 9.17) is 27.9 Å². The van der Waals surface area contributed by atoms with Crippen molar-refractivity contribution in [3.8, 4) is 0 Å². The number of rotatable bonds is 3. The van der Waals surface area contributed by atoms with E-state index in [1.807, 2.05) is 0 Å². The minimum Gasteiger partial charge on any atom is -0.378 e. The second kappa shape index (κ2) is 5.17. The Hall–Kier alpha value is -0.570. The van der Waals surface area contributed by atoms with Crippen molar-refractivity contribution in [2.24, 2.45) is 0 Å². The van der Waals surface area contributed by atoms with Crippen molar-refractivity contribution in [2.75, 3.05) is 6.61 Å². The Labute approximate surface area is 104 Å². The fourth-order valence-corrected chi connectivity index (χ4v) is 2.35. The van der Waals surface area contributed by atoms with Crippen LogP contribution in [0.4, 0.5) is 0 Å². The molecule has 0 aliphatic carbocycles. The van der Waals surface area contributed by atoms with Crippen LogP contribution in [0.1, 0.15) is 29.6 Å². The van der Waals surface area contributed by atoms with Crippen LogP contribution in [0.5, 0.6) is 0 Å². The van der Waals surface area contributed by atoms with Gasteiger partial charge in [-0.15, -0.1) is 0 Å².